The number of nitrogens with one attached hydrogen (secondary N) is 1. The van der Waals surface area contributed by atoms with Gasteiger partial charge in [-0.05, 0) is 54.6 Å². The molecule has 0 atom stereocenters. The monoisotopic (exact) mass is 483 g/mol. The van der Waals surface area contributed by atoms with Crippen LogP contribution in [0.1, 0.15) is 5.56 Å². The summed E-state index contributed by atoms with van der Waals surface area (Å²) in [6, 6.07) is 19.4. The third kappa shape index (κ3) is 5.84. The zero-order valence-corrected chi connectivity index (χ0v) is 19.8. The summed E-state index contributed by atoms with van der Waals surface area (Å²) < 4.78 is 43.3. The van der Waals surface area contributed by atoms with Crippen LogP contribution in [0.2, 0.25) is 0 Å². The Morgan fingerprint density at radius 2 is 1.56 bits per heavy atom. The number of rotatable bonds is 10. The fourth-order valence-electron chi connectivity index (χ4n) is 3.06. The van der Waals surface area contributed by atoms with Crippen molar-refractivity contribution in [2.45, 2.75) is 4.90 Å². The number of sulfonamides is 1. The van der Waals surface area contributed by atoms with Crippen LogP contribution in [0, 0.1) is 0 Å². The van der Waals surface area contributed by atoms with Gasteiger partial charge in [0, 0.05) is 5.56 Å². The molecule has 0 saturated carbocycles. The van der Waals surface area contributed by atoms with E-state index < -0.39 is 22.5 Å². The molecule has 1 amide bonds. The Morgan fingerprint density at radius 3 is 2.18 bits per heavy atom. The maximum absolute atomic E-state index is 13.3. The number of methoxy groups -OCH3 is 3. The average Bonchev–Trinajstić information content (AvgIpc) is 2.87. The number of benzene rings is 3. The van der Waals surface area contributed by atoms with Crippen LogP contribution < -0.4 is 23.9 Å². The number of hydrogen-bond acceptors (Lipinski definition) is 7. The summed E-state index contributed by atoms with van der Waals surface area (Å²) >= 11 is 0. The van der Waals surface area contributed by atoms with Crippen LogP contribution in [0.4, 0.5) is 5.69 Å². The minimum absolute atomic E-state index is 0.0586. The lowest BCUT2D eigenvalue weighted by Crippen LogP contribution is -2.39. The molecule has 0 bridgehead atoms. The minimum atomic E-state index is -4.02. The second kappa shape index (κ2) is 11.2. The van der Waals surface area contributed by atoms with Crippen LogP contribution in [-0.4, -0.2) is 48.4 Å². The SMILES string of the molecule is COc1ccc(N(CC(=O)N/N=C/c2cc(OC)ccc2OC)S(=O)(=O)c2ccccc2)cc1. The second-order valence-electron chi connectivity index (χ2n) is 6.92. The van der Waals surface area contributed by atoms with Crippen molar-refractivity contribution in [1.29, 1.82) is 0 Å². The summed E-state index contributed by atoms with van der Waals surface area (Å²) in [4.78, 5) is 12.7. The van der Waals surface area contributed by atoms with Crippen LogP contribution in [0.5, 0.6) is 17.2 Å². The molecule has 0 aliphatic heterocycles. The van der Waals surface area contributed by atoms with E-state index in [0.717, 1.165) is 4.31 Å². The highest BCUT2D eigenvalue weighted by atomic mass is 32.2. The first-order valence-corrected chi connectivity index (χ1v) is 11.6. The average molecular weight is 484 g/mol. The molecule has 0 aliphatic rings. The van der Waals surface area contributed by atoms with Gasteiger partial charge in [0.05, 0.1) is 38.1 Å². The standard InChI is InChI=1S/C24H25N3O6S/c1-31-20-11-9-19(10-12-20)27(34(29,30)22-7-5-4-6-8-22)17-24(28)26-25-16-18-15-21(32-2)13-14-23(18)33-3/h4-16H,17H2,1-3H3,(H,26,28)/b25-16+. The Morgan fingerprint density at radius 1 is 0.912 bits per heavy atom. The maximum atomic E-state index is 13.3. The number of carbonyl (C=O) groups excluding carboxylic acids is 1. The van der Waals surface area contributed by atoms with E-state index in [1.165, 1.54) is 39.7 Å². The van der Waals surface area contributed by atoms with Crippen molar-refractivity contribution in [3.05, 3.63) is 78.4 Å². The zero-order valence-electron chi connectivity index (χ0n) is 19.0. The summed E-state index contributed by atoms with van der Waals surface area (Å²) in [7, 11) is 0.534. The van der Waals surface area contributed by atoms with Gasteiger partial charge in [0.2, 0.25) is 0 Å². The number of hydrazone groups is 1. The van der Waals surface area contributed by atoms with Gasteiger partial charge in [0.1, 0.15) is 23.8 Å². The molecule has 0 fully saturated rings. The highest BCUT2D eigenvalue weighted by molar-refractivity contribution is 7.92. The Labute approximate surface area is 198 Å². The lowest BCUT2D eigenvalue weighted by atomic mass is 10.2. The van der Waals surface area contributed by atoms with Crippen molar-refractivity contribution in [2.75, 3.05) is 32.2 Å². The number of nitrogens with zero attached hydrogens (tertiary/aromatic N) is 2. The van der Waals surface area contributed by atoms with E-state index >= 15 is 0 Å². The van der Waals surface area contributed by atoms with Gasteiger partial charge >= 0.3 is 0 Å². The van der Waals surface area contributed by atoms with Gasteiger partial charge in [-0.1, -0.05) is 18.2 Å². The zero-order chi connectivity index (χ0) is 24.6. The number of amides is 1. The number of anilines is 1. The Bertz CT molecular complexity index is 1250. The summed E-state index contributed by atoms with van der Waals surface area (Å²) in [6.07, 6.45) is 1.39. The first-order chi connectivity index (χ1) is 16.4. The van der Waals surface area contributed by atoms with Gasteiger partial charge in [0.15, 0.2) is 0 Å². The molecule has 0 aliphatic carbocycles. The molecule has 0 radical (unpaired) electrons. The minimum Gasteiger partial charge on any atom is -0.497 e. The van der Waals surface area contributed by atoms with E-state index in [0.29, 0.717) is 28.5 Å². The van der Waals surface area contributed by atoms with Crippen molar-refractivity contribution in [1.82, 2.24) is 5.43 Å². The lowest BCUT2D eigenvalue weighted by Gasteiger charge is -2.23. The van der Waals surface area contributed by atoms with Gasteiger partial charge in [0.25, 0.3) is 15.9 Å². The molecule has 3 aromatic carbocycles. The van der Waals surface area contributed by atoms with Crippen molar-refractivity contribution in [3.8, 4) is 17.2 Å². The van der Waals surface area contributed by atoms with Crippen LogP contribution in [0.15, 0.2) is 82.8 Å². The summed E-state index contributed by atoms with van der Waals surface area (Å²) in [5, 5.41) is 3.95. The van der Waals surface area contributed by atoms with E-state index in [-0.39, 0.29) is 4.90 Å². The van der Waals surface area contributed by atoms with Crippen LogP contribution in [0.3, 0.4) is 0 Å². The van der Waals surface area contributed by atoms with Crippen LogP contribution in [0.25, 0.3) is 0 Å². The molecular weight excluding hydrogens is 458 g/mol. The van der Waals surface area contributed by atoms with Gasteiger partial charge in [-0.25, -0.2) is 13.8 Å². The largest absolute Gasteiger partial charge is 0.497 e. The molecule has 10 heteroatoms. The molecule has 3 rings (SSSR count). The van der Waals surface area contributed by atoms with Crippen molar-refractivity contribution >= 4 is 27.8 Å². The highest BCUT2D eigenvalue weighted by Gasteiger charge is 2.27. The summed E-state index contributed by atoms with van der Waals surface area (Å²) in [5.41, 5.74) is 3.25. The van der Waals surface area contributed by atoms with Crippen molar-refractivity contribution in [2.24, 2.45) is 5.10 Å². The van der Waals surface area contributed by atoms with Gasteiger partial charge < -0.3 is 14.2 Å². The Kier molecular flexibility index (Phi) is 8.10. The number of ether oxygens (including phenoxy) is 3. The molecule has 0 unspecified atom stereocenters. The molecule has 0 heterocycles. The molecule has 9 nitrogen and oxygen atoms in total. The molecule has 34 heavy (non-hydrogen) atoms. The summed E-state index contributed by atoms with van der Waals surface area (Å²) in [6.45, 7) is -0.490. The number of carbonyl (C=O) groups is 1. The van der Waals surface area contributed by atoms with Crippen LogP contribution in [-0.2, 0) is 14.8 Å². The smallest absolute Gasteiger partial charge is 0.264 e. The van der Waals surface area contributed by atoms with Gasteiger partial charge in [-0.2, -0.15) is 5.10 Å². The topological polar surface area (TPSA) is 107 Å². The lowest BCUT2D eigenvalue weighted by molar-refractivity contribution is -0.119. The molecule has 0 spiro atoms. The molecule has 0 saturated heterocycles. The molecule has 3 aromatic rings. The quantitative estimate of drug-likeness (QED) is 0.351. The van der Waals surface area contributed by atoms with E-state index in [9.17, 15) is 13.2 Å². The molecule has 0 aromatic heterocycles. The number of hydrogen-bond donors (Lipinski definition) is 1. The van der Waals surface area contributed by atoms with E-state index in [1.54, 1.807) is 60.7 Å². The van der Waals surface area contributed by atoms with Crippen LogP contribution >= 0.6 is 0 Å². The van der Waals surface area contributed by atoms with E-state index in [1.807, 2.05) is 0 Å². The highest BCUT2D eigenvalue weighted by Crippen LogP contribution is 2.26. The van der Waals surface area contributed by atoms with Gasteiger partial charge in [-0.3, -0.25) is 9.10 Å². The van der Waals surface area contributed by atoms with E-state index in [4.69, 9.17) is 14.2 Å². The first-order valence-electron chi connectivity index (χ1n) is 10.1. The first kappa shape index (κ1) is 24.6. The second-order valence-corrected chi connectivity index (χ2v) is 8.79. The fourth-order valence-corrected chi connectivity index (χ4v) is 4.51. The third-order valence-electron chi connectivity index (χ3n) is 4.81. The molecule has 178 valence electrons. The predicted molar refractivity (Wildman–Crippen MR) is 129 cm³/mol. The normalized spacial score (nSPS) is 11.1. The molecular formula is C24H25N3O6S. The maximum Gasteiger partial charge on any atom is 0.264 e. The Balaban J connectivity index is 1.84. The Hall–Kier alpha value is -4.05. The fraction of sp³-hybridized carbons (Fsp3) is 0.167. The summed E-state index contributed by atoms with van der Waals surface area (Å²) in [5.74, 6) is 1.05. The van der Waals surface area contributed by atoms with Crippen molar-refractivity contribution in [3.63, 3.8) is 0 Å². The third-order valence-corrected chi connectivity index (χ3v) is 6.60. The van der Waals surface area contributed by atoms with Gasteiger partial charge in [-0.15, -0.1) is 0 Å². The predicted octanol–water partition coefficient (Wildman–Crippen LogP) is 3.06. The van der Waals surface area contributed by atoms with Crippen molar-refractivity contribution < 1.29 is 27.4 Å². The van der Waals surface area contributed by atoms with E-state index in [2.05, 4.69) is 10.5 Å². The molecule has 1 N–H and O–H groups in total.